The lowest BCUT2D eigenvalue weighted by Crippen LogP contribution is -2.38. The summed E-state index contributed by atoms with van der Waals surface area (Å²) in [5.41, 5.74) is 5.48. The van der Waals surface area contributed by atoms with Gasteiger partial charge in [0.25, 0.3) is 0 Å². The molecule has 0 bridgehead atoms. The fraction of sp³-hybridized carbons (Fsp3) is 0.917. The van der Waals surface area contributed by atoms with Gasteiger partial charge in [-0.15, -0.1) is 0 Å². The number of primary amides is 1. The van der Waals surface area contributed by atoms with Gasteiger partial charge in [-0.2, -0.15) is 0 Å². The minimum atomic E-state index is -0.108. The first-order valence-corrected chi connectivity index (χ1v) is 6.20. The summed E-state index contributed by atoms with van der Waals surface area (Å²) >= 11 is 0. The standard InChI is InChI=1S/C12H24N2O/c1-3-10(11(4-2)12(13)15)9-5-7-14-8-6-9/h9-11,14H,3-8H2,1-2H3,(H2,13,15). The van der Waals surface area contributed by atoms with Gasteiger partial charge in [0.15, 0.2) is 0 Å². The highest BCUT2D eigenvalue weighted by molar-refractivity contribution is 5.76. The van der Waals surface area contributed by atoms with Crippen LogP contribution in [0.4, 0.5) is 0 Å². The molecule has 1 aliphatic rings. The highest BCUT2D eigenvalue weighted by Crippen LogP contribution is 2.32. The number of piperidine rings is 1. The quantitative estimate of drug-likeness (QED) is 0.726. The van der Waals surface area contributed by atoms with Crippen molar-refractivity contribution in [3.8, 4) is 0 Å². The molecule has 1 heterocycles. The third-order valence-corrected chi connectivity index (χ3v) is 3.78. The highest BCUT2D eigenvalue weighted by atomic mass is 16.1. The fourth-order valence-electron chi connectivity index (χ4n) is 2.93. The number of amides is 1. The maximum atomic E-state index is 11.4. The molecular formula is C12H24N2O. The molecule has 2 atom stereocenters. The largest absolute Gasteiger partial charge is 0.369 e. The highest BCUT2D eigenvalue weighted by Gasteiger charge is 2.31. The van der Waals surface area contributed by atoms with Crippen molar-refractivity contribution >= 4 is 5.91 Å². The van der Waals surface area contributed by atoms with Crippen LogP contribution in [0.1, 0.15) is 39.5 Å². The summed E-state index contributed by atoms with van der Waals surface area (Å²) in [4.78, 5) is 11.4. The zero-order chi connectivity index (χ0) is 11.3. The zero-order valence-electron chi connectivity index (χ0n) is 9.96. The second-order valence-electron chi connectivity index (χ2n) is 4.58. The Morgan fingerprint density at radius 3 is 2.33 bits per heavy atom. The minimum Gasteiger partial charge on any atom is -0.369 e. The van der Waals surface area contributed by atoms with E-state index in [1.165, 1.54) is 12.8 Å². The van der Waals surface area contributed by atoms with Crippen molar-refractivity contribution in [1.82, 2.24) is 5.32 Å². The molecule has 1 aliphatic heterocycles. The lowest BCUT2D eigenvalue weighted by molar-refractivity contribution is -0.124. The summed E-state index contributed by atoms with van der Waals surface area (Å²) in [6.45, 7) is 6.43. The van der Waals surface area contributed by atoms with Crippen molar-refractivity contribution < 1.29 is 4.79 Å². The Labute approximate surface area is 92.8 Å². The Kier molecular flexibility index (Phi) is 5.09. The molecule has 0 aromatic carbocycles. The second kappa shape index (κ2) is 6.11. The third kappa shape index (κ3) is 3.20. The molecule has 0 aliphatic carbocycles. The molecule has 0 spiro atoms. The average molecular weight is 212 g/mol. The van der Waals surface area contributed by atoms with Crippen LogP contribution in [-0.2, 0) is 4.79 Å². The van der Waals surface area contributed by atoms with Gasteiger partial charge in [0, 0.05) is 5.92 Å². The van der Waals surface area contributed by atoms with Crippen LogP contribution in [0.3, 0.4) is 0 Å². The first kappa shape index (κ1) is 12.5. The van der Waals surface area contributed by atoms with Crippen LogP contribution < -0.4 is 11.1 Å². The van der Waals surface area contributed by atoms with Crippen molar-refractivity contribution in [2.45, 2.75) is 39.5 Å². The van der Waals surface area contributed by atoms with E-state index in [1.807, 2.05) is 0 Å². The van der Waals surface area contributed by atoms with Gasteiger partial charge in [0.1, 0.15) is 0 Å². The van der Waals surface area contributed by atoms with E-state index in [0.29, 0.717) is 11.8 Å². The van der Waals surface area contributed by atoms with E-state index in [0.717, 1.165) is 25.9 Å². The third-order valence-electron chi connectivity index (χ3n) is 3.78. The molecule has 3 nitrogen and oxygen atoms in total. The number of hydrogen-bond acceptors (Lipinski definition) is 2. The van der Waals surface area contributed by atoms with E-state index in [9.17, 15) is 4.79 Å². The summed E-state index contributed by atoms with van der Waals surface area (Å²) < 4.78 is 0. The number of nitrogens with one attached hydrogen (secondary N) is 1. The molecule has 1 fully saturated rings. The second-order valence-corrected chi connectivity index (χ2v) is 4.58. The van der Waals surface area contributed by atoms with Gasteiger partial charge in [0.2, 0.25) is 5.91 Å². The number of rotatable bonds is 5. The summed E-state index contributed by atoms with van der Waals surface area (Å²) in [5, 5.41) is 3.36. The van der Waals surface area contributed by atoms with Crippen LogP contribution in [0.5, 0.6) is 0 Å². The first-order valence-electron chi connectivity index (χ1n) is 6.20. The summed E-state index contributed by atoms with van der Waals surface area (Å²) in [5.74, 6) is 1.16. The van der Waals surface area contributed by atoms with Gasteiger partial charge in [-0.1, -0.05) is 20.3 Å². The van der Waals surface area contributed by atoms with E-state index < -0.39 is 0 Å². The minimum absolute atomic E-state index is 0.0816. The zero-order valence-corrected chi connectivity index (χ0v) is 9.96. The summed E-state index contributed by atoms with van der Waals surface area (Å²) in [6, 6.07) is 0. The number of hydrogen-bond donors (Lipinski definition) is 2. The lowest BCUT2D eigenvalue weighted by atomic mass is 9.74. The molecule has 0 radical (unpaired) electrons. The molecule has 0 aromatic rings. The van der Waals surface area contributed by atoms with Crippen molar-refractivity contribution in [3.63, 3.8) is 0 Å². The molecular weight excluding hydrogens is 188 g/mol. The number of nitrogens with two attached hydrogens (primary N) is 1. The Morgan fingerprint density at radius 2 is 1.93 bits per heavy atom. The van der Waals surface area contributed by atoms with Gasteiger partial charge in [-0.25, -0.2) is 0 Å². The van der Waals surface area contributed by atoms with E-state index in [2.05, 4.69) is 19.2 Å². The molecule has 15 heavy (non-hydrogen) atoms. The molecule has 1 saturated heterocycles. The van der Waals surface area contributed by atoms with Gasteiger partial charge in [0.05, 0.1) is 0 Å². The number of carbonyl (C=O) groups excluding carboxylic acids is 1. The SMILES string of the molecule is CCC(C(N)=O)C(CC)C1CCNCC1. The summed E-state index contributed by atoms with van der Waals surface area (Å²) in [7, 11) is 0. The maximum Gasteiger partial charge on any atom is 0.220 e. The Morgan fingerprint density at radius 1 is 1.33 bits per heavy atom. The van der Waals surface area contributed by atoms with E-state index in [-0.39, 0.29) is 11.8 Å². The van der Waals surface area contributed by atoms with E-state index in [1.54, 1.807) is 0 Å². The number of carbonyl (C=O) groups is 1. The van der Waals surface area contributed by atoms with Crippen molar-refractivity contribution in [2.75, 3.05) is 13.1 Å². The van der Waals surface area contributed by atoms with Gasteiger partial charge in [-0.05, 0) is 44.2 Å². The molecule has 3 N–H and O–H groups in total. The van der Waals surface area contributed by atoms with Crippen LogP contribution in [-0.4, -0.2) is 19.0 Å². The molecule has 2 unspecified atom stereocenters. The smallest absolute Gasteiger partial charge is 0.220 e. The molecule has 3 heteroatoms. The van der Waals surface area contributed by atoms with E-state index in [4.69, 9.17) is 5.73 Å². The van der Waals surface area contributed by atoms with Crippen molar-refractivity contribution in [1.29, 1.82) is 0 Å². The Bertz CT molecular complexity index is 200. The van der Waals surface area contributed by atoms with Gasteiger partial charge < -0.3 is 11.1 Å². The van der Waals surface area contributed by atoms with Crippen LogP contribution in [0.2, 0.25) is 0 Å². The fourth-order valence-corrected chi connectivity index (χ4v) is 2.93. The first-order chi connectivity index (χ1) is 7.20. The predicted molar refractivity (Wildman–Crippen MR) is 62.4 cm³/mol. The average Bonchev–Trinajstić information content (AvgIpc) is 2.26. The molecule has 88 valence electrons. The molecule has 1 rings (SSSR count). The lowest BCUT2D eigenvalue weighted by Gasteiger charge is -2.33. The van der Waals surface area contributed by atoms with Crippen molar-refractivity contribution in [2.24, 2.45) is 23.5 Å². The monoisotopic (exact) mass is 212 g/mol. The Hall–Kier alpha value is -0.570. The topological polar surface area (TPSA) is 55.1 Å². The van der Waals surface area contributed by atoms with E-state index >= 15 is 0 Å². The summed E-state index contributed by atoms with van der Waals surface area (Å²) in [6.07, 6.45) is 4.36. The Balaban J connectivity index is 2.62. The molecule has 1 amide bonds. The van der Waals surface area contributed by atoms with Crippen LogP contribution in [0.25, 0.3) is 0 Å². The maximum absolute atomic E-state index is 11.4. The van der Waals surface area contributed by atoms with Crippen LogP contribution in [0.15, 0.2) is 0 Å². The molecule has 0 saturated carbocycles. The predicted octanol–water partition coefficient (Wildman–Crippen LogP) is 1.52. The van der Waals surface area contributed by atoms with Crippen molar-refractivity contribution in [3.05, 3.63) is 0 Å². The van der Waals surface area contributed by atoms with Gasteiger partial charge in [-0.3, -0.25) is 4.79 Å². The molecule has 0 aromatic heterocycles. The van der Waals surface area contributed by atoms with Gasteiger partial charge >= 0.3 is 0 Å². The van der Waals surface area contributed by atoms with Crippen LogP contribution in [0, 0.1) is 17.8 Å². The van der Waals surface area contributed by atoms with Crippen LogP contribution >= 0.6 is 0 Å². The normalized spacial score (nSPS) is 22.3.